The summed E-state index contributed by atoms with van der Waals surface area (Å²) in [5.41, 5.74) is 11.7. The number of carbonyl (C=O) groups is 1. The molecule has 0 bridgehead atoms. The molecule has 7 heteroatoms. The van der Waals surface area contributed by atoms with Gasteiger partial charge in [-0.1, -0.05) is 24.3 Å². The summed E-state index contributed by atoms with van der Waals surface area (Å²) in [5.74, 6) is 0.325. The molecule has 7 nitrogen and oxygen atoms in total. The van der Waals surface area contributed by atoms with E-state index in [1.807, 2.05) is 18.2 Å². The molecule has 1 amide bonds. The van der Waals surface area contributed by atoms with Gasteiger partial charge in [0.05, 0.1) is 6.42 Å². The number of primary amides is 1. The van der Waals surface area contributed by atoms with Gasteiger partial charge in [0.1, 0.15) is 5.82 Å². The van der Waals surface area contributed by atoms with Crippen LogP contribution in [0.3, 0.4) is 0 Å². The van der Waals surface area contributed by atoms with Crippen LogP contribution in [0.15, 0.2) is 60.8 Å². The highest BCUT2D eigenvalue weighted by Gasteiger charge is 2.21. The summed E-state index contributed by atoms with van der Waals surface area (Å²) in [6.45, 7) is 9.17. The molecule has 0 radical (unpaired) electrons. The normalized spacial score (nSPS) is 17.9. The molecule has 178 valence electrons. The van der Waals surface area contributed by atoms with Gasteiger partial charge in [0, 0.05) is 66.6 Å². The van der Waals surface area contributed by atoms with Gasteiger partial charge in [-0.05, 0) is 56.2 Å². The van der Waals surface area contributed by atoms with E-state index in [0.29, 0.717) is 24.4 Å². The summed E-state index contributed by atoms with van der Waals surface area (Å²) in [6.07, 6.45) is 1.85. The van der Waals surface area contributed by atoms with Crippen molar-refractivity contribution in [2.45, 2.75) is 45.8 Å². The van der Waals surface area contributed by atoms with Gasteiger partial charge in [0.2, 0.25) is 5.91 Å². The smallest absolute Gasteiger partial charge is 0.221 e. The lowest BCUT2D eigenvalue weighted by molar-refractivity contribution is -0.117. The molecule has 0 saturated carbocycles. The highest BCUT2D eigenvalue weighted by Crippen LogP contribution is 2.25. The third-order valence-corrected chi connectivity index (χ3v) is 6.14. The van der Waals surface area contributed by atoms with Crippen molar-refractivity contribution < 1.29 is 4.79 Å². The number of nitrogens with zero attached hydrogens (tertiary/aromatic N) is 2. The molecule has 3 aromatic rings. The number of anilines is 4. The molecular weight excluding hydrogens is 424 g/mol. The lowest BCUT2D eigenvalue weighted by Gasteiger charge is -2.37. The molecule has 4 rings (SSSR count). The quantitative estimate of drug-likeness (QED) is 0.408. The van der Waals surface area contributed by atoms with Crippen molar-refractivity contribution in [3.63, 3.8) is 0 Å². The van der Waals surface area contributed by atoms with E-state index >= 15 is 0 Å². The first-order chi connectivity index (χ1) is 16.4. The number of nitrogens with two attached hydrogens (primary N) is 1. The molecule has 2 heterocycles. The fraction of sp³-hybridized carbons (Fsp3) is 0.333. The number of benzene rings is 2. The summed E-state index contributed by atoms with van der Waals surface area (Å²) in [5, 5.41) is 10.4. The zero-order valence-electron chi connectivity index (χ0n) is 20.1. The minimum Gasteiger partial charge on any atom is -0.381 e. The number of carbonyl (C=O) groups excluding carboxylic acids is 1. The van der Waals surface area contributed by atoms with Crippen LogP contribution in [0.5, 0.6) is 0 Å². The largest absolute Gasteiger partial charge is 0.381 e. The first-order valence-electron chi connectivity index (χ1n) is 11.8. The number of aryl methyl sites for hydroxylation is 1. The Bertz CT molecular complexity index is 1120. The Morgan fingerprint density at radius 1 is 1.09 bits per heavy atom. The highest BCUT2D eigenvalue weighted by molar-refractivity contribution is 5.79. The molecule has 1 aliphatic heterocycles. The Morgan fingerprint density at radius 2 is 1.79 bits per heavy atom. The van der Waals surface area contributed by atoms with Crippen LogP contribution in [0.2, 0.25) is 0 Å². The second-order valence-corrected chi connectivity index (χ2v) is 9.20. The molecule has 1 aromatic heterocycles. The predicted molar refractivity (Wildman–Crippen MR) is 140 cm³/mol. The monoisotopic (exact) mass is 458 g/mol. The Labute approximate surface area is 201 Å². The third-order valence-electron chi connectivity index (χ3n) is 6.14. The summed E-state index contributed by atoms with van der Waals surface area (Å²) >= 11 is 0. The van der Waals surface area contributed by atoms with Crippen LogP contribution in [0.4, 0.5) is 22.9 Å². The Hall–Kier alpha value is -3.58. The van der Waals surface area contributed by atoms with Crippen molar-refractivity contribution in [1.29, 1.82) is 0 Å². The summed E-state index contributed by atoms with van der Waals surface area (Å²) in [7, 11) is 0. The van der Waals surface area contributed by atoms with Gasteiger partial charge in [0.15, 0.2) is 0 Å². The van der Waals surface area contributed by atoms with Gasteiger partial charge in [-0.15, -0.1) is 0 Å². The second-order valence-electron chi connectivity index (χ2n) is 9.20. The maximum Gasteiger partial charge on any atom is 0.221 e. The van der Waals surface area contributed by atoms with Gasteiger partial charge < -0.3 is 26.6 Å². The van der Waals surface area contributed by atoms with Crippen molar-refractivity contribution in [3.8, 4) is 0 Å². The topological polar surface area (TPSA) is 95.3 Å². The molecule has 1 aliphatic rings. The molecule has 2 aromatic carbocycles. The SMILES string of the molecule is Cc1ccccc1CNc1cc(Nc2ccc(N3C[C@@H](C)N[C@@H](C)C3)cc2)ncc1CC(N)=O. The van der Waals surface area contributed by atoms with Gasteiger partial charge in [-0.25, -0.2) is 4.98 Å². The fourth-order valence-electron chi connectivity index (χ4n) is 4.49. The zero-order valence-corrected chi connectivity index (χ0v) is 20.1. The highest BCUT2D eigenvalue weighted by atomic mass is 16.1. The number of pyridine rings is 1. The van der Waals surface area contributed by atoms with Crippen LogP contribution in [-0.2, 0) is 17.8 Å². The van der Waals surface area contributed by atoms with E-state index in [-0.39, 0.29) is 12.3 Å². The Kier molecular flexibility index (Phi) is 7.33. The number of nitrogens with one attached hydrogen (secondary N) is 3. The number of aromatic nitrogens is 1. The molecule has 2 atom stereocenters. The first kappa shape index (κ1) is 23.6. The van der Waals surface area contributed by atoms with E-state index in [1.54, 1.807) is 6.20 Å². The number of piperazine rings is 1. The maximum absolute atomic E-state index is 11.6. The number of hydrogen-bond acceptors (Lipinski definition) is 6. The van der Waals surface area contributed by atoms with Crippen LogP contribution in [-0.4, -0.2) is 36.1 Å². The lowest BCUT2D eigenvalue weighted by Crippen LogP contribution is -2.54. The summed E-state index contributed by atoms with van der Waals surface area (Å²) in [4.78, 5) is 18.5. The van der Waals surface area contributed by atoms with E-state index in [4.69, 9.17) is 5.73 Å². The van der Waals surface area contributed by atoms with Crippen LogP contribution in [0, 0.1) is 6.92 Å². The molecule has 0 spiro atoms. The molecule has 1 fully saturated rings. The van der Waals surface area contributed by atoms with E-state index in [0.717, 1.165) is 30.0 Å². The van der Waals surface area contributed by atoms with E-state index in [2.05, 4.69) is 83.0 Å². The lowest BCUT2D eigenvalue weighted by atomic mass is 10.1. The van der Waals surface area contributed by atoms with Crippen molar-refractivity contribution in [2.75, 3.05) is 28.6 Å². The molecule has 1 saturated heterocycles. The summed E-state index contributed by atoms with van der Waals surface area (Å²) < 4.78 is 0. The molecular formula is C27H34N6O. The first-order valence-corrected chi connectivity index (χ1v) is 11.8. The van der Waals surface area contributed by atoms with Gasteiger partial charge in [0.25, 0.3) is 0 Å². The maximum atomic E-state index is 11.6. The van der Waals surface area contributed by atoms with Crippen molar-refractivity contribution >= 4 is 28.8 Å². The van der Waals surface area contributed by atoms with E-state index < -0.39 is 0 Å². The third kappa shape index (κ3) is 6.05. The van der Waals surface area contributed by atoms with Crippen LogP contribution >= 0.6 is 0 Å². The van der Waals surface area contributed by atoms with E-state index in [9.17, 15) is 4.79 Å². The van der Waals surface area contributed by atoms with Gasteiger partial charge in [-0.3, -0.25) is 4.79 Å². The van der Waals surface area contributed by atoms with Gasteiger partial charge >= 0.3 is 0 Å². The van der Waals surface area contributed by atoms with Crippen LogP contribution < -0.4 is 26.6 Å². The van der Waals surface area contributed by atoms with E-state index in [1.165, 1.54) is 16.8 Å². The standard InChI is InChI=1S/C27H34N6O/c1-18-6-4-5-7-21(18)14-29-25-13-27(30-15-22(25)12-26(28)34)32-23-8-10-24(11-9-23)33-16-19(2)31-20(3)17-33/h4-11,13,15,19-20,31H,12,14,16-17H2,1-3H3,(H2,28,34)(H2,29,30,32)/t19-,20+. The number of hydrogen-bond donors (Lipinski definition) is 4. The number of amides is 1. The van der Waals surface area contributed by atoms with Crippen LogP contribution in [0.25, 0.3) is 0 Å². The Balaban J connectivity index is 1.48. The average molecular weight is 459 g/mol. The van der Waals surface area contributed by atoms with Crippen molar-refractivity contribution in [1.82, 2.24) is 10.3 Å². The summed E-state index contributed by atoms with van der Waals surface area (Å²) in [6, 6.07) is 19.6. The van der Waals surface area contributed by atoms with Crippen LogP contribution in [0.1, 0.15) is 30.5 Å². The fourth-order valence-corrected chi connectivity index (χ4v) is 4.49. The second kappa shape index (κ2) is 10.6. The predicted octanol–water partition coefficient (Wildman–Crippen LogP) is 3.96. The average Bonchev–Trinajstić information content (AvgIpc) is 2.79. The molecule has 0 unspecified atom stereocenters. The molecule has 34 heavy (non-hydrogen) atoms. The minimum absolute atomic E-state index is 0.139. The zero-order chi connectivity index (χ0) is 24.1. The molecule has 5 N–H and O–H groups in total. The Morgan fingerprint density at radius 3 is 2.47 bits per heavy atom. The minimum atomic E-state index is -0.381. The van der Waals surface area contributed by atoms with Crippen molar-refractivity contribution in [3.05, 3.63) is 77.5 Å². The number of rotatable bonds is 8. The van der Waals surface area contributed by atoms with Crippen molar-refractivity contribution in [2.24, 2.45) is 5.73 Å². The molecule has 0 aliphatic carbocycles. The van der Waals surface area contributed by atoms with Gasteiger partial charge in [-0.2, -0.15) is 0 Å².